The maximum Gasteiger partial charge on any atom is 0.417 e. The van der Waals surface area contributed by atoms with Crippen molar-refractivity contribution < 1.29 is 102 Å². The SMILES string of the molecule is CC(=O)CCc1nc(-c2ccc(C)c(N)c2)no1.CC(=O)CCc1nc(-c2ccc(C)c(NC(=O)OC(C)(C)C)c2)no1.CC(C)(C)OC=O.CC(C)(C)OC=O.COC(C)(CCc1nc(-c2ccc(C)c(N)c2)no1)C(F)(F)F.Cc1ccc(-c2noc(CCC(C)(O)C(F)(F)F)n2)cc1NC(=O)OC(C)(C)C. The number of carbonyl (C=O) groups is 6. The van der Waals surface area contributed by atoms with Crippen LogP contribution in [0.3, 0.4) is 0 Å². The molecule has 7 N–H and O–H groups in total. The Morgan fingerprint density at radius 3 is 0.991 bits per heavy atom. The molecule has 2 unspecified atom stereocenters. The van der Waals surface area contributed by atoms with Gasteiger partial charge in [-0.15, -0.1) is 0 Å². The van der Waals surface area contributed by atoms with Crippen LogP contribution in [0.5, 0.6) is 0 Å². The number of hydrogen-bond donors (Lipinski definition) is 5. The second-order valence-corrected chi connectivity index (χ2v) is 29.3. The fourth-order valence-corrected chi connectivity index (χ4v) is 8.12. The molecule has 8 rings (SSSR count). The molecule has 0 aliphatic carbocycles. The first-order valence-electron chi connectivity index (χ1n) is 34.0. The lowest BCUT2D eigenvalue weighted by atomic mass is 9.99. The number of Topliss-reactive ketones (excluding diaryl/α,β-unsaturated/α-hetero) is 2. The van der Waals surface area contributed by atoms with E-state index < -0.39 is 53.4 Å². The van der Waals surface area contributed by atoms with Crippen LogP contribution >= 0.6 is 0 Å². The van der Waals surface area contributed by atoms with E-state index in [-0.39, 0.29) is 65.5 Å². The molecule has 2 amide bonds. The summed E-state index contributed by atoms with van der Waals surface area (Å²) in [6.07, 6.45) is -9.93. The van der Waals surface area contributed by atoms with Crippen LogP contribution in [0.25, 0.3) is 45.6 Å². The monoisotopic (exact) mass is 1540 g/mol. The summed E-state index contributed by atoms with van der Waals surface area (Å²) in [5, 5.41) is 30.2. The van der Waals surface area contributed by atoms with Crippen LogP contribution in [0.1, 0.15) is 182 Å². The number of aliphatic hydroxyl groups is 1. The van der Waals surface area contributed by atoms with Crippen molar-refractivity contribution in [2.45, 2.75) is 236 Å². The maximum atomic E-state index is 13.0. The van der Waals surface area contributed by atoms with E-state index in [0.29, 0.717) is 108 Å². The molecule has 0 bridgehead atoms. The van der Waals surface area contributed by atoms with Gasteiger partial charge >= 0.3 is 24.5 Å². The summed E-state index contributed by atoms with van der Waals surface area (Å²) in [7, 11) is 1.03. The predicted octanol–water partition coefficient (Wildman–Crippen LogP) is 16.1. The Hall–Kier alpha value is -10.6. The molecule has 0 aliphatic rings. The first-order valence-corrected chi connectivity index (χ1v) is 34.0. The number of nitrogen functional groups attached to an aromatic ring is 2. The lowest BCUT2D eigenvalue weighted by Crippen LogP contribution is -2.44. The molecule has 0 saturated carbocycles. The second kappa shape index (κ2) is 40.0. The third-order valence-electron chi connectivity index (χ3n) is 14.7. The fourth-order valence-electron chi connectivity index (χ4n) is 8.12. The number of nitrogens with two attached hydrogens (primary N) is 2. The number of rotatable bonds is 21. The zero-order valence-corrected chi connectivity index (χ0v) is 65.3. The van der Waals surface area contributed by atoms with E-state index in [9.17, 15) is 60.2 Å². The summed E-state index contributed by atoms with van der Waals surface area (Å²) in [5.41, 5.74) is 13.3. The average Bonchev–Trinajstić information content (AvgIpc) is 1.82. The van der Waals surface area contributed by atoms with Gasteiger partial charge in [0, 0.05) is 90.6 Å². The van der Waals surface area contributed by atoms with Gasteiger partial charge in [-0.25, -0.2) is 9.59 Å². The number of alkyl halides is 6. The fraction of sp³-hybridized carbons (Fsp3) is 0.493. The van der Waals surface area contributed by atoms with Crippen molar-refractivity contribution in [2.75, 3.05) is 29.2 Å². The Morgan fingerprint density at radius 2 is 0.743 bits per heavy atom. The summed E-state index contributed by atoms with van der Waals surface area (Å²) in [4.78, 5) is 81.8. The summed E-state index contributed by atoms with van der Waals surface area (Å²) in [5.74, 6) is 2.49. The second-order valence-electron chi connectivity index (χ2n) is 29.3. The zero-order chi connectivity index (χ0) is 82.8. The molecule has 0 radical (unpaired) electrons. The van der Waals surface area contributed by atoms with Crippen LogP contribution in [-0.4, -0.2) is 135 Å². The minimum Gasteiger partial charge on any atom is -0.462 e. The lowest BCUT2D eigenvalue weighted by Gasteiger charge is -2.29. The third kappa shape index (κ3) is 33.6. The summed E-state index contributed by atoms with van der Waals surface area (Å²) < 4.78 is 122. The van der Waals surface area contributed by atoms with Gasteiger partial charge in [0.2, 0.25) is 46.9 Å². The summed E-state index contributed by atoms with van der Waals surface area (Å²) >= 11 is 0. The lowest BCUT2D eigenvalue weighted by molar-refractivity contribution is -0.264. The van der Waals surface area contributed by atoms with E-state index in [1.54, 1.807) is 84.9 Å². The Balaban J connectivity index is 0.000000358. The molecule has 0 aliphatic heterocycles. The number of aryl methyl sites for hydroxylation is 8. The largest absolute Gasteiger partial charge is 0.462 e. The highest BCUT2D eigenvalue weighted by Crippen LogP contribution is 2.38. The molecule has 34 heteroatoms. The van der Waals surface area contributed by atoms with Gasteiger partial charge in [-0.05, 0) is 198 Å². The maximum absolute atomic E-state index is 13.0. The number of nitrogens with one attached hydrogen (secondary N) is 2. The molecule has 8 aromatic rings. The molecule has 4 aromatic heterocycles. The van der Waals surface area contributed by atoms with Crippen LogP contribution in [0, 0.1) is 27.7 Å². The smallest absolute Gasteiger partial charge is 0.417 e. The Kier molecular flexibility index (Phi) is 34.0. The van der Waals surface area contributed by atoms with Crippen molar-refractivity contribution in [3.05, 3.63) is 119 Å². The highest BCUT2D eigenvalue weighted by atomic mass is 19.4. The van der Waals surface area contributed by atoms with Crippen LogP contribution in [0.2, 0.25) is 0 Å². The number of carbonyl (C=O) groups excluding carboxylic acids is 6. The highest BCUT2D eigenvalue weighted by molar-refractivity contribution is 5.88. The number of anilines is 4. The van der Waals surface area contributed by atoms with Crippen LogP contribution in [-0.2, 0) is 68.5 Å². The van der Waals surface area contributed by atoms with Crippen molar-refractivity contribution in [3.63, 3.8) is 0 Å². The Bertz CT molecular complexity index is 4250. The predicted molar refractivity (Wildman–Crippen MR) is 393 cm³/mol. The quantitative estimate of drug-likeness (QED) is 0.0193. The number of aromatic nitrogens is 8. The normalized spacial score (nSPS) is 12.6. The molecular weight excluding hydrogens is 1440 g/mol. The minimum atomic E-state index is -4.75. The van der Waals surface area contributed by atoms with Crippen molar-refractivity contribution in [3.8, 4) is 45.6 Å². The van der Waals surface area contributed by atoms with Crippen LogP contribution in [0.15, 0.2) is 90.9 Å². The van der Waals surface area contributed by atoms with Crippen molar-refractivity contribution >= 4 is 59.4 Å². The number of halogens is 6. The van der Waals surface area contributed by atoms with E-state index in [1.165, 1.54) is 13.8 Å². The molecule has 2 atom stereocenters. The van der Waals surface area contributed by atoms with Gasteiger partial charge in [0.15, 0.2) is 11.2 Å². The van der Waals surface area contributed by atoms with Gasteiger partial charge in [0.05, 0.1) is 0 Å². The molecule has 598 valence electrons. The Labute approximate surface area is 628 Å². The van der Waals surface area contributed by atoms with Crippen molar-refractivity contribution in [2.24, 2.45) is 0 Å². The molecule has 109 heavy (non-hydrogen) atoms. The number of amides is 2. The number of ketones is 2. The minimum absolute atomic E-state index is 0.0354. The van der Waals surface area contributed by atoms with Gasteiger partial charge in [-0.2, -0.15) is 46.3 Å². The first-order chi connectivity index (χ1) is 50.2. The molecule has 0 fully saturated rings. The number of methoxy groups -OCH3 is 1. The van der Waals surface area contributed by atoms with E-state index >= 15 is 0 Å². The van der Waals surface area contributed by atoms with Gasteiger partial charge in [-0.1, -0.05) is 69.2 Å². The van der Waals surface area contributed by atoms with Crippen molar-refractivity contribution in [1.82, 2.24) is 40.6 Å². The number of hydrogen-bond acceptors (Lipinski definition) is 26. The average molecular weight is 1540 g/mol. The standard InChI is InChI=1S/C19H24F3N3O4.C18H23N3O4.C15H18F3N3O2.C13H15N3O2.2C5H10O2/c1-11-6-7-12(10-13(11)23-16(26)28-17(2,3)4)15-24-14(29-25-15)8-9-18(5,27)19(20,21)22;1-11-6-8-13(10-14(11)19-17(23)24-18(3,4)5)16-20-15(25-21-16)9-7-12(2)22;1-9-4-5-10(8-11(9)19)13-20-12(23-21-13)6-7-14(2,22-3)15(16,17)18;1-8-3-5-10(7-11(8)14)13-15-12(18-16-13)6-4-9(2)17;2*1-5(2,3)7-4-6/h6-7,10,27H,8-9H2,1-5H3,(H,23,26);6,8,10H,7,9H2,1-5H3,(H,19,23);4-5,8H,6-7,19H2,1-3H3;3,5,7H,4,6,14H2,1-2H3;2*4H,1-3H3. The molecule has 4 aromatic carbocycles. The van der Waals surface area contributed by atoms with Gasteiger partial charge in [-0.3, -0.25) is 20.2 Å². The van der Waals surface area contributed by atoms with E-state index in [2.05, 4.69) is 65.4 Å². The third-order valence-corrected chi connectivity index (χ3v) is 14.7. The molecule has 0 saturated heterocycles. The summed E-state index contributed by atoms with van der Waals surface area (Å²) in [6, 6.07) is 21.4. The van der Waals surface area contributed by atoms with Crippen molar-refractivity contribution in [1.29, 1.82) is 0 Å². The highest BCUT2D eigenvalue weighted by Gasteiger charge is 2.52. The van der Waals surface area contributed by atoms with Crippen LogP contribution in [0.4, 0.5) is 58.7 Å². The van der Waals surface area contributed by atoms with Gasteiger partial charge in [0.1, 0.15) is 34.0 Å². The number of benzene rings is 4. The Morgan fingerprint density at radius 1 is 0.450 bits per heavy atom. The van der Waals surface area contributed by atoms with Gasteiger partial charge < -0.3 is 67.9 Å². The summed E-state index contributed by atoms with van der Waals surface area (Å²) in [6.45, 7) is 34.7. The van der Waals surface area contributed by atoms with Gasteiger partial charge in [0.25, 0.3) is 12.9 Å². The van der Waals surface area contributed by atoms with E-state index in [0.717, 1.165) is 41.9 Å². The zero-order valence-electron chi connectivity index (χ0n) is 65.3. The molecule has 4 heterocycles. The topological polar surface area (TPSA) is 401 Å². The molecular formula is C75H100F6N12O16. The first kappa shape index (κ1) is 92.6. The van der Waals surface area contributed by atoms with E-state index in [1.807, 2.05) is 98.7 Å². The number of nitrogens with zero attached hydrogens (tertiary/aromatic N) is 8. The molecule has 0 spiro atoms. The number of ether oxygens (including phenoxy) is 5. The van der Waals surface area contributed by atoms with Crippen LogP contribution < -0.4 is 22.1 Å². The van der Waals surface area contributed by atoms with E-state index in [4.69, 9.17) is 39.0 Å². The molecule has 28 nitrogen and oxygen atoms in total.